The lowest BCUT2D eigenvalue weighted by atomic mass is 10.1. The molecule has 2 rings (SSSR count). The van der Waals surface area contributed by atoms with Crippen molar-refractivity contribution in [2.45, 2.75) is 30.7 Å². The maximum Gasteiger partial charge on any atom is 0.241 e. The van der Waals surface area contributed by atoms with Crippen molar-refractivity contribution in [1.29, 1.82) is 0 Å². The summed E-state index contributed by atoms with van der Waals surface area (Å²) in [6.45, 7) is 2.09. The van der Waals surface area contributed by atoms with Crippen LogP contribution in [0.3, 0.4) is 0 Å². The molecule has 1 saturated heterocycles. The van der Waals surface area contributed by atoms with E-state index in [1.54, 1.807) is 25.1 Å². The van der Waals surface area contributed by atoms with Gasteiger partial charge in [-0.05, 0) is 31.0 Å². The van der Waals surface area contributed by atoms with E-state index in [2.05, 4.69) is 26.0 Å². The summed E-state index contributed by atoms with van der Waals surface area (Å²) in [5.41, 5.74) is 0.676. The molecule has 1 aromatic carbocycles. The van der Waals surface area contributed by atoms with Crippen LogP contribution in [-0.2, 0) is 14.8 Å². The van der Waals surface area contributed by atoms with Gasteiger partial charge >= 0.3 is 0 Å². The van der Waals surface area contributed by atoms with Crippen molar-refractivity contribution in [2.75, 3.05) is 6.54 Å². The first-order valence-corrected chi connectivity index (χ1v) is 8.22. The number of nitrogens with one attached hydrogen (secondary N) is 2. The van der Waals surface area contributed by atoms with Crippen LogP contribution in [0.5, 0.6) is 0 Å². The number of amides is 1. The van der Waals surface area contributed by atoms with Crippen molar-refractivity contribution >= 4 is 31.9 Å². The summed E-state index contributed by atoms with van der Waals surface area (Å²) in [7, 11) is -3.56. The number of carbonyl (C=O) groups excluding carboxylic acids is 1. The van der Waals surface area contributed by atoms with Crippen LogP contribution in [0.2, 0.25) is 0 Å². The minimum Gasteiger partial charge on any atom is -0.355 e. The highest BCUT2D eigenvalue weighted by Crippen LogP contribution is 2.23. The number of hydrogen-bond acceptors (Lipinski definition) is 3. The molecule has 0 aliphatic carbocycles. The van der Waals surface area contributed by atoms with Crippen LogP contribution in [0.15, 0.2) is 27.6 Å². The molecule has 5 nitrogen and oxygen atoms in total. The lowest BCUT2D eigenvalue weighted by molar-refractivity contribution is -0.122. The molecule has 1 aliphatic rings. The molecule has 104 valence electrons. The van der Waals surface area contributed by atoms with E-state index in [1.807, 2.05) is 0 Å². The molecule has 7 heteroatoms. The van der Waals surface area contributed by atoms with Crippen LogP contribution in [0.1, 0.15) is 18.4 Å². The topological polar surface area (TPSA) is 75.3 Å². The fourth-order valence-corrected chi connectivity index (χ4v) is 4.03. The molecule has 0 bridgehead atoms. The van der Waals surface area contributed by atoms with E-state index < -0.39 is 10.0 Å². The van der Waals surface area contributed by atoms with Gasteiger partial charge in [-0.1, -0.05) is 22.0 Å². The highest BCUT2D eigenvalue weighted by molar-refractivity contribution is 9.10. The molecule has 19 heavy (non-hydrogen) atoms. The maximum atomic E-state index is 12.3. The minimum atomic E-state index is -3.56. The third-order valence-electron chi connectivity index (χ3n) is 3.09. The minimum absolute atomic E-state index is 0.0333. The average Bonchev–Trinajstić information content (AvgIpc) is 2.35. The molecule has 0 unspecified atom stereocenters. The predicted molar refractivity (Wildman–Crippen MR) is 75.2 cm³/mol. The van der Waals surface area contributed by atoms with Crippen LogP contribution >= 0.6 is 15.9 Å². The zero-order valence-corrected chi connectivity index (χ0v) is 12.8. The largest absolute Gasteiger partial charge is 0.355 e. The van der Waals surface area contributed by atoms with Gasteiger partial charge in [0.2, 0.25) is 15.9 Å². The second kappa shape index (κ2) is 5.60. The van der Waals surface area contributed by atoms with Crippen molar-refractivity contribution < 1.29 is 13.2 Å². The Balaban J connectivity index is 2.19. The molecule has 1 heterocycles. The highest BCUT2D eigenvalue weighted by Gasteiger charge is 2.25. The second-order valence-electron chi connectivity index (χ2n) is 4.52. The Morgan fingerprint density at radius 2 is 2.16 bits per heavy atom. The van der Waals surface area contributed by atoms with Gasteiger partial charge in [0.05, 0.1) is 4.90 Å². The lowest BCUT2D eigenvalue weighted by Gasteiger charge is -2.23. The summed E-state index contributed by atoms with van der Waals surface area (Å²) in [6.07, 6.45) is 0.878. The quantitative estimate of drug-likeness (QED) is 0.866. The summed E-state index contributed by atoms with van der Waals surface area (Å²) in [5, 5.41) is 2.66. The maximum absolute atomic E-state index is 12.3. The van der Waals surface area contributed by atoms with Crippen molar-refractivity contribution in [3.63, 3.8) is 0 Å². The first-order chi connectivity index (χ1) is 8.90. The SMILES string of the molecule is Cc1c(Br)cccc1S(=O)(=O)N[C@@H]1CCC(=O)NC1. The number of sulfonamides is 1. The third-order valence-corrected chi connectivity index (χ3v) is 5.62. The van der Waals surface area contributed by atoms with E-state index in [9.17, 15) is 13.2 Å². The first-order valence-electron chi connectivity index (χ1n) is 5.94. The Morgan fingerprint density at radius 1 is 1.42 bits per heavy atom. The summed E-state index contributed by atoms with van der Waals surface area (Å²) in [5.74, 6) is -0.0333. The Bertz CT molecular complexity index is 591. The van der Waals surface area contributed by atoms with Crippen LogP contribution < -0.4 is 10.0 Å². The highest BCUT2D eigenvalue weighted by atomic mass is 79.9. The van der Waals surface area contributed by atoms with Crippen molar-refractivity contribution in [3.8, 4) is 0 Å². The Kier molecular flexibility index (Phi) is 4.27. The average molecular weight is 347 g/mol. The molecule has 0 saturated carbocycles. The molecule has 0 aromatic heterocycles. The number of hydrogen-bond donors (Lipinski definition) is 2. The molecule has 1 aliphatic heterocycles. The summed E-state index contributed by atoms with van der Waals surface area (Å²) in [4.78, 5) is 11.3. The smallest absolute Gasteiger partial charge is 0.241 e. The molecule has 0 radical (unpaired) electrons. The van der Waals surface area contributed by atoms with Crippen LogP contribution in [0.4, 0.5) is 0 Å². The van der Waals surface area contributed by atoms with E-state index in [-0.39, 0.29) is 16.8 Å². The van der Waals surface area contributed by atoms with Crippen LogP contribution in [-0.4, -0.2) is 26.9 Å². The van der Waals surface area contributed by atoms with E-state index in [1.165, 1.54) is 0 Å². The Labute approximate surface area is 121 Å². The number of benzene rings is 1. The monoisotopic (exact) mass is 346 g/mol. The van der Waals surface area contributed by atoms with Crippen molar-refractivity contribution in [2.24, 2.45) is 0 Å². The number of piperidine rings is 1. The fraction of sp³-hybridized carbons (Fsp3) is 0.417. The molecule has 0 spiro atoms. The van der Waals surface area contributed by atoms with Gasteiger partial charge in [-0.2, -0.15) is 0 Å². The van der Waals surface area contributed by atoms with E-state index >= 15 is 0 Å². The van der Waals surface area contributed by atoms with Gasteiger partial charge in [-0.25, -0.2) is 13.1 Å². The summed E-state index contributed by atoms with van der Waals surface area (Å²) in [6, 6.07) is 4.81. The number of rotatable bonds is 3. The lowest BCUT2D eigenvalue weighted by Crippen LogP contribution is -2.47. The molecule has 2 N–H and O–H groups in total. The standard InChI is InChI=1S/C12H15BrN2O3S/c1-8-10(13)3-2-4-11(8)19(17,18)15-9-5-6-12(16)14-7-9/h2-4,9,15H,5-7H2,1H3,(H,14,16)/t9-/m1/s1. The zero-order valence-electron chi connectivity index (χ0n) is 10.4. The van der Waals surface area contributed by atoms with E-state index in [4.69, 9.17) is 0 Å². The fourth-order valence-electron chi connectivity index (χ4n) is 2.00. The molecule has 1 amide bonds. The van der Waals surface area contributed by atoms with Gasteiger partial charge in [-0.3, -0.25) is 4.79 Å². The van der Waals surface area contributed by atoms with E-state index in [0.717, 1.165) is 4.47 Å². The molecule has 1 aromatic rings. The van der Waals surface area contributed by atoms with Gasteiger partial charge in [0.15, 0.2) is 0 Å². The zero-order chi connectivity index (χ0) is 14.0. The van der Waals surface area contributed by atoms with Gasteiger partial charge in [-0.15, -0.1) is 0 Å². The summed E-state index contributed by atoms with van der Waals surface area (Å²) < 4.78 is 28.0. The predicted octanol–water partition coefficient (Wildman–Crippen LogP) is 1.31. The third kappa shape index (κ3) is 3.34. The van der Waals surface area contributed by atoms with Gasteiger partial charge < -0.3 is 5.32 Å². The molecule has 1 fully saturated rings. The van der Waals surface area contributed by atoms with Crippen molar-refractivity contribution in [3.05, 3.63) is 28.2 Å². The van der Waals surface area contributed by atoms with Gasteiger partial charge in [0, 0.05) is 23.5 Å². The Morgan fingerprint density at radius 3 is 2.79 bits per heavy atom. The molecule has 1 atom stereocenters. The van der Waals surface area contributed by atoms with Gasteiger partial charge in [0.25, 0.3) is 0 Å². The van der Waals surface area contributed by atoms with Crippen molar-refractivity contribution in [1.82, 2.24) is 10.0 Å². The van der Waals surface area contributed by atoms with Crippen LogP contribution in [0, 0.1) is 6.92 Å². The van der Waals surface area contributed by atoms with E-state index in [0.29, 0.717) is 24.9 Å². The first kappa shape index (κ1) is 14.5. The number of halogens is 1. The summed E-state index contributed by atoms with van der Waals surface area (Å²) >= 11 is 3.32. The number of carbonyl (C=O) groups is 1. The molecular weight excluding hydrogens is 332 g/mol. The second-order valence-corrected chi connectivity index (χ2v) is 7.06. The van der Waals surface area contributed by atoms with Crippen LogP contribution in [0.25, 0.3) is 0 Å². The Hall–Kier alpha value is -0.920. The molecular formula is C12H15BrN2O3S. The van der Waals surface area contributed by atoms with Gasteiger partial charge in [0.1, 0.15) is 0 Å². The normalized spacial score (nSPS) is 20.1.